The Morgan fingerprint density at radius 1 is 0.660 bits per heavy atom. The molecule has 1 atom stereocenters. The van der Waals surface area contributed by atoms with Crippen molar-refractivity contribution in [2.75, 3.05) is 16.0 Å². The molecular weight excluding hydrogens is 752 g/mol. The van der Waals surface area contributed by atoms with E-state index in [1.165, 1.54) is 24.8 Å². The standard InChI is InChI=1S/C42H33BrN4O5S/c1-27(48)44-32-16-18-33(19-17-32)46-42(51)39(29-8-4-2-5-9-29)53-36-23-20-34(21-24-36)45-41(50)37(47-40(49)30-10-6-3-7-11-30)26-35-22-25-38(52-35)28-12-14-31(43)15-13-28/h2-26,39H,1H3,(H,44,48)(H,45,50)(H,46,51)(H,47,49). The summed E-state index contributed by atoms with van der Waals surface area (Å²) in [5.74, 6) is -0.430. The zero-order valence-corrected chi connectivity index (χ0v) is 30.7. The summed E-state index contributed by atoms with van der Waals surface area (Å²) in [7, 11) is 0. The van der Waals surface area contributed by atoms with E-state index in [2.05, 4.69) is 37.2 Å². The summed E-state index contributed by atoms with van der Waals surface area (Å²) >= 11 is 4.80. The van der Waals surface area contributed by atoms with E-state index in [1.807, 2.05) is 66.7 Å². The molecule has 0 saturated heterocycles. The van der Waals surface area contributed by atoms with Crippen molar-refractivity contribution in [1.82, 2.24) is 5.32 Å². The van der Waals surface area contributed by atoms with Crippen molar-refractivity contribution in [3.05, 3.63) is 173 Å². The minimum absolute atomic E-state index is 0.0140. The third-order valence-corrected chi connectivity index (χ3v) is 9.55. The third-order valence-electron chi connectivity index (χ3n) is 7.75. The number of thioether (sulfide) groups is 1. The average Bonchev–Trinajstić information content (AvgIpc) is 3.64. The molecule has 53 heavy (non-hydrogen) atoms. The SMILES string of the molecule is CC(=O)Nc1ccc(NC(=O)C(Sc2ccc(NC(=O)C(=Cc3ccc(-c4ccc(Br)cc4)o3)NC(=O)c3ccccc3)cc2)c2ccccc2)cc1. The molecule has 1 heterocycles. The van der Waals surface area contributed by atoms with Crippen LogP contribution in [0.2, 0.25) is 0 Å². The number of carbonyl (C=O) groups excluding carboxylic acids is 4. The van der Waals surface area contributed by atoms with Crippen molar-refractivity contribution in [3.8, 4) is 11.3 Å². The van der Waals surface area contributed by atoms with Crippen LogP contribution in [0, 0.1) is 0 Å². The van der Waals surface area contributed by atoms with E-state index in [9.17, 15) is 19.2 Å². The molecule has 11 heteroatoms. The van der Waals surface area contributed by atoms with Gasteiger partial charge in [-0.3, -0.25) is 19.2 Å². The van der Waals surface area contributed by atoms with Gasteiger partial charge in [-0.05, 0) is 90.5 Å². The van der Waals surface area contributed by atoms with Crippen LogP contribution < -0.4 is 21.3 Å². The van der Waals surface area contributed by atoms with Crippen molar-refractivity contribution < 1.29 is 23.6 Å². The van der Waals surface area contributed by atoms with Crippen LogP contribution in [0.4, 0.5) is 17.1 Å². The molecule has 6 aromatic rings. The normalized spacial score (nSPS) is 11.6. The maximum absolute atomic E-state index is 13.7. The first-order valence-electron chi connectivity index (χ1n) is 16.5. The maximum Gasteiger partial charge on any atom is 0.272 e. The summed E-state index contributed by atoms with van der Waals surface area (Å²) in [6, 6.07) is 43.2. The number of benzene rings is 5. The molecule has 0 bridgehead atoms. The number of rotatable bonds is 12. The van der Waals surface area contributed by atoms with E-state index in [0.29, 0.717) is 34.1 Å². The molecule has 4 N–H and O–H groups in total. The van der Waals surface area contributed by atoms with Crippen LogP contribution in [-0.4, -0.2) is 23.6 Å². The Bertz CT molecular complexity index is 2240. The fraction of sp³-hybridized carbons (Fsp3) is 0.0476. The van der Waals surface area contributed by atoms with Gasteiger partial charge in [0.15, 0.2) is 0 Å². The highest BCUT2D eigenvalue weighted by Crippen LogP contribution is 2.37. The summed E-state index contributed by atoms with van der Waals surface area (Å²) < 4.78 is 6.96. The molecule has 0 spiro atoms. The minimum Gasteiger partial charge on any atom is -0.457 e. The molecular formula is C42H33BrN4O5S. The number of nitrogens with one attached hydrogen (secondary N) is 4. The summed E-state index contributed by atoms with van der Waals surface area (Å²) in [6.45, 7) is 1.43. The number of halogens is 1. The quantitative estimate of drug-likeness (QED) is 0.0723. The third kappa shape index (κ3) is 10.2. The first kappa shape index (κ1) is 36.6. The van der Waals surface area contributed by atoms with Gasteiger partial charge >= 0.3 is 0 Å². The second-order valence-electron chi connectivity index (χ2n) is 11.7. The molecule has 0 aliphatic carbocycles. The molecule has 1 aromatic heterocycles. The largest absolute Gasteiger partial charge is 0.457 e. The van der Waals surface area contributed by atoms with E-state index < -0.39 is 17.1 Å². The predicted molar refractivity (Wildman–Crippen MR) is 213 cm³/mol. The van der Waals surface area contributed by atoms with E-state index in [1.54, 1.807) is 78.9 Å². The molecule has 0 aliphatic heterocycles. The lowest BCUT2D eigenvalue weighted by molar-refractivity contribution is -0.116. The Morgan fingerprint density at radius 2 is 1.25 bits per heavy atom. The monoisotopic (exact) mass is 784 g/mol. The molecule has 0 fully saturated rings. The van der Waals surface area contributed by atoms with Crippen molar-refractivity contribution in [2.45, 2.75) is 17.1 Å². The highest BCUT2D eigenvalue weighted by molar-refractivity contribution is 9.10. The van der Waals surface area contributed by atoms with E-state index in [4.69, 9.17) is 4.42 Å². The van der Waals surface area contributed by atoms with Gasteiger partial charge in [-0.15, -0.1) is 11.8 Å². The minimum atomic E-state index is -0.593. The zero-order chi connectivity index (χ0) is 37.2. The van der Waals surface area contributed by atoms with E-state index >= 15 is 0 Å². The van der Waals surface area contributed by atoms with Crippen LogP contribution in [0.5, 0.6) is 0 Å². The Balaban J connectivity index is 1.18. The molecule has 5 aromatic carbocycles. The van der Waals surface area contributed by atoms with Crippen LogP contribution in [-0.2, 0) is 14.4 Å². The van der Waals surface area contributed by atoms with Gasteiger partial charge in [-0.1, -0.05) is 76.6 Å². The lowest BCUT2D eigenvalue weighted by Crippen LogP contribution is -2.30. The van der Waals surface area contributed by atoms with E-state index in [-0.39, 0.29) is 17.5 Å². The molecule has 4 amide bonds. The molecule has 0 saturated carbocycles. The van der Waals surface area contributed by atoms with Gasteiger partial charge in [-0.25, -0.2) is 0 Å². The Kier molecular flexibility index (Phi) is 12.0. The van der Waals surface area contributed by atoms with Crippen LogP contribution in [0.15, 0.2) is 165 Å². The number of amides is 4. The number of carbonyl (C=O) groups is 4. The van der Waals surface area contributed by atoms with Crippen LogP contribution >= 0.6 is 27.7 Å². The summed E-state index contributed by atoms with van der Waals surface area (Å²) in [5, 5.41) is 10.7. The Hall–Kier alpha value is -6.17. The number of furan rings is 1. The summed E-state index contributed by atoms with van der Waals surface area (Å²) in [6.07, 6.45) is 1.49. The number of anilines is 3. The molecule has 9 nitrogen and oxygen atoms in total. The Morgan fingerprint density at radius 3 is 1.89 bits per heavy atom. The fourth-order valence-corrected chi connectivity index (χ4v) is 6.47. The lowest BCUT2D eigenvalue weighted by atomic mass is 10.1. The first-order chi connectivity index (χ1) is 25.7. The fourth-order valence-electron chi connectivity index (χ4n) is 5.18. The molecule has 0 radical (unpaired) electrons. The number of hydrogen-bond donors (Lipinski definition) is 4. The second kappa shape index (κ2) is 17.4. The van der Waals surface area contributed by atoms with Crippen molar-refractivity contribution in [3.63, 3.8) is 0 Å². The topological polar surface area (TPSA) is 130 Å². The van der Waals surface area contributed by atoms with Crippen molar-refractivity contribution in [1.29, 1.82) is 0 Å². The average molecular weight is 786 g/mol. The van der Waals surface area contributed by atoms with Gasteiger partial charge in [0.2, 0.25) is 11.8 Å². The molecule has 0 aliphatic rings. The van der Waals surface area contributed by atoms with E-state index in [0.717, 1.165) is 20.5 Å². The van der Waals surface area contributed by atoms with Crippen molar-refractivity contribution >= 4 is 74.5 Å². The van der Waals surface area contributed by atoms with Gasteiger partial charge in [0, 0.05) is 50.6 Å². The Labute approximate surface area is 319 Å². The highest BCUT2D eigenvalue weighted by atomic mass is 79.9. The van der Waals surface area contributed by atoms with Crippen LogP contribution in [0.1, 0.15) is 33.9 Å². The predicted octanol–water partition coefficient (Wildman–Crippen LogP) is 9.55. The van der Waals surface area contributed by atoms with Gasteiger partial charge in [0.1, 0.15) is 22.5 Å². The van der Waals surface area contributed by atoms with Crippen LogP contribution in [0.3, 0.4) is 0 Å². The van der Waals surface area contributed by atoms with Gasteiger partial charge in [-0.2, -0.15) is 0 Å². The highest BCUT2D eigenvalue weighted by Gasteiger charge is 2.23. The second-order valence-corrected chi connectivity index (χ2v) is 13.8. The summed E-state index contributed by atoms with van der Waals surface area (Å²) in [4.78, 5) is 52.6. The van der Waals surface area contributed by atoms with Crippen molar-refractivity contribution in [2.24, 2.45) is 0 Å². The van der Waals surface area contributed by atoms with Gasteiger partial charge in [0.25, 0.3) is 11.8 Å². The number of hydrogen-bond acceptors (Lipinski definition) is 6. The molecule has 6 rings (SSSR count). The van der Waals surface area contributed by atoms with Crippen LogP contribution in [0.25, 0.3) is 17.4 Å². The molecule has 1 unspecified atom stereocenters. The zero-order valence-electron chi connectivity index (χ0n) is 28.3. The van der Waals surface area contributed by atoms with Gasteiger partial charge < -0.3 is 25.7 Å². The van der Waals surface area contributed by atoms with Gasteiger partial charge in [0.05, 0.1) is 0 Å². The molecule has 264 valence electrons. The lowest BCUT2D eigenvalue weighted by Gasteiger charge is -2.18. The maximum atomic E-state index is 13.7. The smallest absolute Gasteiger partial charge is 0.272 e. The first-order valence-corrected chi connectivity index (χ1v) is 18.1. The summed E-state index contributed by atoms with van der Waals surface area (Å²) in [5.41, 5.74) is 3.74.